The highest BCUT2D eigenvalue weighted by Gasteiger charge is 2.01. The third-order valence-corrected chi connectivity index (χ3v) is 2.63. The van der Waals surface area contributed by atoms with E-state index in [-0.39, 0.29) is 0 Å². The molecule has 0 aliphatic heterocycles. The Morgan fingerprint density at radius 3 is 2.45 bits per heavy atom. The van der Waals surface area contributed by atoms with Crippen LogP contribution in [-0.4, -0.2) is 4.89 Å². The second-order valence-corrected chi connectivity index (χ2v) is 3.77. The molecular formula is C8H11O2P. The maximum atomic E-state index is 10.7. The molecule has 0 bridgehead atoms. The van der Waals surface area contributed by atoms with E-state index < -0.39 is 8.03 Å². The number of rotatable bonds is 1. The number of hydrogen-bond donors (Lipinski definition) is 1. The molecule has 1 N–H and O–H groups in total. The molecule has 1 aromatic carbocycles. The Balaban J connectivity index is 3.20. The number of benzene rings is 1. The highest BCUT2D eigenvalue weighted by molar-refractivity contribution is 7.47. The van der Waals surface area contributed by atoms with Gasteiger partial charge in [-0.25, -0.2) is 0 Å². The first-order chi connectivity index (χ1) is 5.11. The summed E-state index contributed by atoms with van der Waals surface area (Å²) >= 11 is 0. The molecule has 2 nitrogen and oxygen atoms in total. The summed E-state index contributed by atoms with van der Waals surface area (Å²) in [5.74, 6) is 0. The highest BCUT2D eigenvalue weighted by atomic mass is 31.1. The molecule has 0 amide bonds. The smallest absolute Gasteiger partial charge is 0.218 e. The maximum absolute atomic E-state index is 10.7. The van der Waals surface area contributed by atoms with Crippen LogP contribution in [0.5, 0.6) is 0 Å². The molecule has 0 heterocycles. The van der Waals surface area contributed by atoms with Gasteiger partial charge in [-0.05, 0) is 25.5 Å². The lowest BCUT2D eigenvalue weighted by Gasteiger charge is -2.01. The molecule has 0 radical (unpaired) electrons. The van der Waals surface area contributed by atoms with Gasteiger partial charge in [0.05, 0.1) is 0 Å². The van der Waals surface area contributed by atoms with Crippen molar-refractivity contribution >= 4 is 13.3 Å². The summed E-state index contributed by atoms with van der Waals surface area (Å²) in [5.41, 5.74) is 2.02. The van der Waals surface area contributed by atoms with E-state index in [1.54, 1.807) is 6.07 Å². The van der Waals surface area contributed by atoms with E-state index in [1.165, 1.54) is 0 Å². The van der Waals surface area contributed by atoms with Crippen molar-refractivity contribution in [2.24, 2.45) is 0 Å². The molecule has 0 saturated heterocycles. The highest BCUT2D eigenvalue weighted by Crippen LogP contribution is 2.16. The van der Waals surface area contributed by atoms with E-state index in [1.807, 2.05) is 26.0 Å². The van der Waals surface area contributed by atoms with Crippen molar-refractivity contribution in [3.05, 3.63) is 29.3 Å². The molecule has 0 aromatic heterocycles. The molecular weight excluding hydrogens is 159 g/mol. The van der Waals surface area contributed by atoms with Crippen molar-refractivity contribution in [2.45, 2.75) is 13.8 Å². The fourth-order valence-electron chi connectivity index (χ4n) is 1.05. The molecule has 0 saturated carbocycles. The minimum atomic E-state index is -2.51. The van der Waals surface area contributed by atoms with Crippen LogP contribution in [0.25, 0.3) is 0 Å². The predicted molar refractivity (Wildman–Crippen MR) is 46.8 cm³/mol. The van der Waals surface area contributed by atoms with Crippen molar-refractivity contribution in [3.8, 4) is 0 Å². The van der Waals surface area contributed by atoms with Gasteiger partial charge >= 0.3 is 0 Å². The summed E-state index contributed by atoms with van der Waals surface area (Å²) < 4.78 is 10.7. The lowest BCUT2D eigenvalue weighted by atomic mass is 10.2. The molecule has 3 heteroatoms. The number of hydrogen-bond acceptors (Lipinski definition) is 1. The lowest BCUT2D eigenvalue weighted by Crippen LogP contribution is -2.00. The average Bonchev–Trinajstić information content (AvgIpc) is 1.85. The summed E-state index contributed by atoms with van der Waals surface area (Å²) in [6.45, 7) is 3.81. The van der Waals surface area contributed by atoms with Gasteiger partial charge in [0.15, 0.2) is 0 Å². The van der Waals surface area contributed by atoms with Gasteiger partial charge in [-0.2, -0.15) is 0 Å². The number of aryl methyl sites for hydroxylation is 2. The molecule has 1 atom stereocenters. The van der Waals surface area contributed by atoms with E-state index in [9.17, 15) is 4.57 Å². The zero-order valence-corrected chi connectivity index (χ0v) is 7.59. The topological polar surface area (TPSA) is 37.3 Å². The van der Waals surface area contributed by atoms with Crippen LogP contribution in [0.2, 0.25) is 0 Å². The van der Waals surface area contributed by atoms with Crippen LogP contribution in [0.3, 0.4) is 0 Å². The molecule has 0 aliphatic carbocycles. The Bertz CT molecular complexity index is 294. The first-order valence-electron chi connectivity index (χ1n) is 3.42. The zero-order valence-electron chi connectivity index (χ0n) is 6.59. The molecule has 11 heavy (non-hydrogen) atoms. The molecule has 1 unspecified atom stereocenters. The van der Waals surface area contributed by atoms with Gasteiger partial charge in [0.25, 0.3) is 0 Å². The van der Waals surface area contributed by atoms with Crippen molar-refractivity contribution in [1.82, 2.24) is 0 Å². The Labute approximate surface area is 66.7 Å². The largest absolute Gasteiger partial charge is 0.343 e. The summed E-state index contributed by atoms with van der Waals surface area (Å²) in [7, 11) is -2.51. The monoisotopic (exact) mass is 170 g/mol. The summed E-state index contributed by atoms with van der Waals surface area (Å²) in [5, 5.41) is 0.570. The summed E-state index contributed by atoms with van der Waals surface area (Å²) in [6.07, 6.45) is 0. The fourth-order valence-corrected chi connectivity index (χ4v) is 1.69. The Kier molecular flexibility index (Phi) is 2.48. The fraction of sp³-hybridized carbons (Fsp3) is 0.250. The molecule has 1 rings (SSSR count). The van der Waals surface area contributed by atoms with Crippen LogP contribution >= 0.6 is 8.03 Å². The minimum absolute atomic E-state index is 0.570. The Morgan fingerprint density at radius 2 is 2.00 bits per heavy atom. The predicted octanol–water partition coefficient (Wildman–Crippen LogP) is 1.40. The van der Waals surface area contributed by atoms with Gasteiger partial charge in [0.2, 0.25) is 8.03 Å². The van der Waals surface area contributed by atoms with Gasteiger partial charge in [-0.3, -0.25) is 4.57 Å². The van der Waals surface area contributed by atoms with E-state index >= 15 is 0 Å². The van der Waals surface area contributed by atoms with Gasteiger partial charge in [-0.1, -0.05) is 17.7 Å². The average molecular weight is 170 g/mol. The summed E-state index contributed by atoms with van der Waals surface area (Å²) in [6, 6.07) is 5.47. The molecule has 0 aliphatic rings. The van der Waals surface area contributed by atoms with Crippen LogP contribution in [0, 0.1) is 13.8 Å². The van der Waals surface area contributed by atoms with E-state index in [0.29, 0.717) is 5.30 Å². The lowest BCUT2D eigenvalue weighted by molar-refractivity contribution is 0.513. The van der Waals surface area contributed by atoms with E-state index in [0.717, 1.165) is 11.1 Å². The quantitative estimate of drug-likeness (QED) is 0.647. The molecule has 1 aromatic rings. The third-order valence-electron chi connectivity index (χ3n) is 1.61. The summed E-state index contributed by atoms with van der Waals surface area (Å²) in [4.78, 5) is 8.84. The van der Waals surface area contributed by atoms with Crippen LogP contribution < -0.4 is 5.30 Å². The van der Waals surface area contributed by atoms with Crippen LogP contribution in [0.4, 0.5) is 0 Å². The van der Waals surface area contributed by atoms with Gasteiger partial charge in [0.1, 0.15) is 0 Å². The van der Waals surface area contributed by atoms with E-state index in [2.05, 4.69) is 0 Å². The van der Waals surface area contributed by atoms with Crippen molar-refractivity contribution in [1.29, 1.82) is 0 Å². The minimum Gasteiger partial charge on any atom is -0.343 e. The van der Waals surface area contributed by atoms with Gasteiger partial charge < -0.3 is 4.89 Å². The first-order valence-corrected chi connectivity index (χ1v) is 4.77. The van der Waals surface area contributed by atoms with Crippen molar-refractivity contribution in [3.63, 3.8) is 0 Å². The maximum Gasteiger partial charge on any atom is 0.218 e. The zero-order chi connectivity index (χ0) is 8.43. The molecule has 60 valence electrons. The van der Waals surface area contributed by atoms with Gasteiger partial charge in [-0.15, -0.1) is 0 Å². The SMILES string of the molecule is Cc1ccc([PH](=O)O)c(C)c1. The second-order valence-electron chi connectivity index (χ2n) is 2.62. The third kappa shape index (κ3) is 1.92. The van der Waals surface area contributed by atoms with Crippen molar-refractivity contribution in [2.75, 3.05) is 0 Å². The Hall–Kier alpha value is -0.590. The van der Waals surface area contributed by atoms with Crippen molar-refractivity contribution < 1.29 is 9.46 Å². The molecule has 0 fully saturated rings. The Morgan fingerprint density at radius 1 is 1.36 bits per heavy atom. The van der Waals surface area contributed by atoms with Crippen LogP contribution in [0.15, 0.2) is 18.2 Å². The standard InChI is InChI=1S/C8H11O2P/c1-6-3-4-8(11(9)10)7(2)5-6/h3-5,11H,1-2H3,(H,9,10). The first kappa shape index (κ1) is 8.51. The van der Waals surface area contributed by atoms with Crippen LogP contribution in [-0.2, 0) is 4.57 Å². The second kappa shape index (κ2) is 3.21. The molecule has 0 spiro atoms. The van der Waals surface area contributed by atoms with Gasteiger partial charge in [0, 0.05) is 5.30 Å². The van der Waals surface area contributed by atoms with Crippen LogP contribution in [0.1, 0.15) is 11.1 Å². The normalized spacial score (nSPS) is 13.0. The van der Waals surface area contributed by atoms with E-state index in [4.69, 9.17) is 4.89 Å².